The quantitative estimate of drug-likeness (QED) is 0.427. The molecule has 4 rings (SSSR count). The first kappa shape index (κ1) is 22.9. The van der Waals surface area contributed by atoms with Crippen molar-refractivity contribution >= 4 is 29.1 Å². The number of ketones is 1. The van der Waals surface area contributed by atoms with Gasteiger partial charge in [-0.1, -0.05) is 74.8 Å². The normalized spacial score (nSPS) is 16.9. The van der Waals surface area contributed by atoms with Crippen LogP contribution in [0.3, 0.4) is 0 Å². The zero-order chi connectivity index (χ0) is 22.9. The number of benzene rings is 2. The lowest BCUT2D eigenvalue weighted by Crippen LogP contribution is -2.21. The molecular weight excluding hydrogens is 442 g/mol. The molecular formula is C25H28ClN3O2S. The summed E-state index contributed by atoms with van der Waals surface area (Å²) in [6.45, 7) is 6.58. The monoisotopic (exact) mass is 469 g/mol. The van der Waals surface area contributed by atoms with Gasteiger partial charge in [-0.3, -0.25) is 9.36 Å². The Hall–Kier alpha value is -2.31. The summed E-state index contributed by atoms with van der Waals surface area (Å²) in [5, 5.41) is 10.1. The smallest absolute Gasteiger partial charge is 0.196 e. The molecule has 1 saturated carbocycles. The van der Waals surface area contributed by atoms with Gasteiger partial charge < -0.3 is 4.74 Å². The molecule has 0 aliphatic heterocycles. The third-order valence-corrected chi connectivity index (χ3v) is 7.34. The first-order valence-corrected chi connectivity index (χ1v) is 12.1. The number of hydrogen-bond donors (Lipinski definition) is 0. The van der Waals surface area contributed by atoms with E-state index in [2.05, 4.69) is 55.2 Å². The molecule has 0 spiro atoms. The summed E-state index contributed by atoms with van der Waals surface area (Å²) >= 11 is 7.94. The van der Waals surface area contributed by atoms with Gasteiger partial charge in [0.15, 0.2) is 11.0 Å². The predicted octanol–water partition coefficient (Wildman–Crippen LogP) is 6.50. The summed E-state index contributed by atoms with van der Waals surface area (Å²) < 4.78 is 7.31. The molecule has 1 heterocycles. The largest absolute Gasteiger partial charge is 0.495 e. The fraction of sp³-hybridized carbons (Fsp3) is 0.400. The number of halogens is 1. The van der Waals surface area contributed by atoms with Gasteiger partial charge in [-0.15, -0.1) is 10.2 Å². The van der Waals surface area contributed by atoms with Gasteiger partial charge in [-0.25, -0.2) is 0 Å². The standard InChI is InChI=1S/C25H28ClN3O2S/c1-25(2,3)17-11-9-16(10-12-17)23-27-28-24(32-22-8-6-5-7-20(22)30)29(23)18-13-14-21(31-4)19(26)15-18/h9-15,22H,5-8H2,1-4H3. The van der Waals surface area contributed by atoms with Crippen LogP contribution in [-0.2, 0) is 10.2 Å². The summed E-state index contributed by atoms with van der Waals surface area (Å²) in [4.78, 5) is 12.5. The third-order valence-electron chi connectivity index (χ3n) is 5.78. The minimum absolute atomic E-state index is 0.0675. The number of carbonyl (C=O) groups is 1. The molecule has 5 nitrogen and oxygen atoms in total. The van der Waals surface area contributed by atoms with Crippen LogP contribution >= 0.6 is 23.4 Å². The number of rotatable bonds is 5. The van der Waals surface area contributed by atoms with Crippen LogP contribution in [0, 0.1) is 0 Å². The molecule has 1 atom stereocenters. The number of aromatic nitrogens is 3. The van der Waals surface area contributed by atoms with Crippen molar-refractivity contribution in [2.75, 3.05) is 7.11 Å². The second-order valence-corrected chi connectivity index (χ2v) is 10.7. The Balaban J connectivity index is 1.79. The fourth-order valence-electron chi connectivity index (χ4n) is 3.88. The average molecular weight is 470 g/mol. The molecule has 0 amide bonds. The average Bonchev–Trinajstić information content (AvgIpc) is 3.18. The predicted molar refractivity (Wildman–Crippen MR) is 130 cm³/mol. The molecule has 7 heteroatoms. The molecule has 0 radical (unpaired) electrons. The Morgan fingerprint density at radius 3 is 2.47 bits per heavy atom. The summed E-state index contributed by atoms with van der Waals surface area (Å²) in [5.41, 5.74) is 3.11. The molecule has 0 bridgehead atoms. The lowest BCUT2D eigenvalue weighted by Gasteiger charge is -2.20. The molecule has 1 unspecified atom stereocenters. The van der Waals surface area contributed by atoms with E-state index < -0.39 is 0 Å². The second-order valence-electron chi connectivity index (χ2n) is 9.11. The number of Topliss-reactive ketones (excluding diaryl/α,β-unsaturated/α-hetero) is 1. The van der Waals surface area contributed by atoms with Gasteiger partial charge in [-0.05, 0) is 42.0 Å². The van der Waals surface area contributed by atoms with E-state index in [0.717, 1.165) is 36.3 Å². The molecule has 1 aliphatic carbocycles. The highest BCUT2D eigenvalue weighted by molar-refractivity contribution is 8.00. The topological polar surface area (TPSA) is 57.0 Å². The van der Waals surface area contributed by atoms with Crippen LogP contribution in [0.15, 0.2) is 47.6 Å². The van der Waals surface area contributed by atoms with Crippen LogP contribution in [0.1, 0.15) is 52.0 Å². The van der Waals surface area contributed by atoms with Gasteiger partial charge in [0, 0.05) is 12.0 Å². The Kier molecular flexibility index (Phi) is 6.63. The van der Waals surface area contributed by atoms with Crippen molar-refractivity contribution in [2.45, 2.75) is 62.3 Å². The highest BCUT2D eigenvalue weighted by Crippen LogP contribution is 2.36. The number of methoxy groups -OCH3 is 1. The Bertz CT molecular complexity index is 1120. The highest BCUT2D eigenvalue weighted by atomic mass is 35.5. The number of carbonyl (C=O) groups excluding carboxylic acids is 1. The zero-order valence-corrected chi connectivity index (χ0v) is 20.5. The van der Waals surface area contributed by atoms with Gasteiger partial charge in [0.2, 0.25) is 0 Å². The van der Waals surface area contributed by atoms with Crippen LogP contribution in [0.25, 0.3) is 17.1 Å². The van der Waals surface area contributed by atoms with Crippen molar-refractivity contribution in [3.63, 3.8) is 0 Å². The molecule has 1 aromatic heterocycles. The molecule has 1 fully saturated rings. The van der Waals surface area contributed by atoms with Crippen LogP contribution < -0.4 is 4.74 Å². The van der Waals surface area contributed by atoms with Gasteiger partial charge in [0.1, 0.15) is 11.5 Å². The first-order chi connectivity index (χ1) is 15.3. The van der Waals surface area contributed by atoms with Crippen molar-refractivity contribution < 1.29 is 9.53 Å². The van der Waals surface area contributed by atoms with E-state index in [1.165, 1.54) is 17.3 Å². The van der Waals surface area contributed by atoms with E-state index in [4.69, 9.17) is 16.3 Å². The maximum atomic E-state index is 12.5. The fourth-order valence-corrected chi connectivity index (χ4v) is 5.31. The summed E-state index contributed by atoms with van der Waals surface area (Å²) in [7, 11) is 1.60. The van der Waals surface area contributed by atoms with Crippen LogP contribution in [-0.4, -0.2) is 32.9 Å². The molecule has 3 aromatic rings. The minimum Gasteiger partial charge on any atom is -0.495 e. The van der Waals surface area contributed by atoms with Gasteiger partial charge in [-0.2, -0.15) is 0 Å². The van der Waals surface area contributed by atoms with E-state index in [-0.39, 0.29) is 10.7 Å². The summed E-state index contributed by atoms with van der Waals surface area (Å²) in [6.07, 6.45) is 3.55. The van der Waals surface area contributed by atoms with Gasteiger partial charge in [0.05, 0.1) is 23.1 Å². The number of nitrogens with zero attached hydrogens (tertiary/aromatic N) is 3. The molecule has 2 aromatic carbocycles. The van der Waals surface area contributed by atoms with E-state index in [1.54, 1.807) is 7.11 Å². The van der Waals surface area contributed by atoms with E-state index in [9.17, 15) is 4.79 Å². The number of ether oxygens (including phenoxy) is 1. The molecule has 1 aliphatic rings. The van der Waals surface area contributed by atoms with E-state index in [0.29, 0.717) is 28.1 Å². The van der Waals surface area contributed by atoms with Gasteiger partial charge >= 0.3 is 0 Å². The van der Waals surface area contributed by atoms with Crippen LogP contribution in [0.4, 0.5) is 0 Å². The Morgan fingerprint density at radius 2 is 1.84 bits per heavy atom. The maximum Gasteiger partial charge on any atom is 0.196 e. The van der Waals surface area contributed by atoms with Crippen molar-refractivity contribution in [1.82, 2.24) is 14.8 Å². The van der Waals surface area contributed by atoms with Crippen molar-refractivity contribution in [3.8, 4) is 22.8 Å². The number of hydrogen-bond acceptors (Lipinski definition) is 5. The summed E-state index contributed by atoms with van der Waals surface area (Å²) in [6, 6.07) is 14.0. The first-order valence-electron chi connectivity index (χ1n) is 10.9. The SMILES string of the molecule is COc1ccc(-n2c(SC3CCCCC3=O)nnc2-c2ccc(C(C)(C)C)cc2)cc1Cl. The van der Waals surface area contributed by atoms with Crippen molar-refractivity contribution in [3.05, 3.63) is 53.1 Å². The van der Waals surface area contributed by atoms with Crippen LogP contribution in [0.5, 0.6) is 5.75 Å². The van der Waals surface area contributed by atoms with E-state index >= 15 is 0 Å². The van der Waals surface area contributed by atoms with E-state index in [1.807, 2.05) is 22.8 Å². The summed E-state index contributed by atoms with van der Waals surface area (Å²) in [5.74, 6) is 1.62. The Morgan fingerprint density at radius 1 is 1.09 bits per heavy atom. The highest BCUT2D eigenvalue weighted by Gasteiger charge is 2.27. The number of thioether (sulfide) groups is 1. The minimum atomic E-state index is -0.0865. The van der Waals surface area contributed by atoms with Crippen LogP contribution in [0.2, 0.25) is 5.02 Å². The second kappa shape index (κ2) is 9.28. The maximum absolute atomic E-state index is 12.5. The lowest BCUT2D eigenvalue weighted by molar-refractivity contribution is -0.119. The molecule has 168 valence electrons. The molecule has 0 N–H and O–H groups in total. The molecule has 32 heavy (non-hydrogen) atoms. The lowest BCUT2D eigenvalue weighted by atomic mass is 9.87. The van der Waals surface area contributed by atoms with Gasteiger partial charge in [0.25, 0.3) is 0 Å². The zero-order valence-electron chi connectivity index (χ0n) is 18.9. The van der Waals surface area contributed by atoms with Crippen molar-refractivity contribution in [1.29, 1.82) is 0 Å². The Labute approximate surface area is 198 Å². The third kappa shape index (κ3) is 4.71. The van der Waals surface area contributed by atoms with Crippen molar-refractivity contribution in [2.24, 2.45) is 0 Å². The molecule has 0 saturated heterocycles.